The number of hydrogen-bond acceptors (Lipinski definition) is 2. The van der Waals surface area contributed by atoms with Crippen molar-refractivity contribution in [2.24, 2.45) is 4.99 Å². The Morgan fingerprint density at radius 2 is 1.82 bits per heavy atom. The van der Waals surface area contributed by atoms with Gasteiger partial charge in [-0.2, -0.15) is 0 Å². The highest BCUT2D eigenvalue weighted by Crippen LogP contribution is 2.26. The van der Waals surface area contributed by atoms with E-state index in [1.165, 1.54) is 0 Å². The Hall–Kier alpha value is -1.51. The van der Waals surface area contributed by atoms with Gasteiger partial charge in [-0.05, 0) is 49.2 Å². The van der Waals surface area contributed by atoms with E-state index >= 15 is 0 Å². The summed E-state index contributed by atoms with van der Waals surface area (Å²) in [6.07, 6.45) is 0. The highest BCUT2D eigenvalue weighted by Gasteiger charge is 2.12. The summed E-state index contributed by atoms with van der Waals surface area (Å²) in [4.78, 5) is 16.2. The van der Waals surface area contributed by atoms with Crippen LogP contribution in [0, 0.1) is 0 Å². The molecule has 5 nitrogen and oxygen atoms in total. The Balaban J connectivity index is 0.00000392. The SMILES string of the molecule is CCNC(=NCc1ccc(C(=O)NC)cc1)NC(C)c1ccc(Cl)cc1Cl.I. The van der Waals surface area contributed by atoms with Gasteiger partial charge in [0.15, 0.2) is 5.96 Å². The van der Waals surface area contributed by atoms with E-state index in [0.29, 0.717) is 28.1 Å². The topological polar surface area (TPSA) is 65.5 Å². The molecule has 0 saturated heterocycles. The molecule has 0 saturated carbocycles. The first kappa shape index (κ1) is 24.5. The third-order valence-electron chi connectivity index (χ3n) is 3.99. The van der Waals surface area contributed by atoms with Gasteiger partial charge in [0, 0.05) is 29.2 Å². The molecule has 2 rings (SSSR count). The first-order valence-corrected chi connectivity index (χ1v) is 9.51. The van der Waals surface area contributed by atoms with E-state index < -0.39 is 0 Å². The molecule has 0 aliphatic rings. The zero-order valence-electron chi connectivity index (χ0n) is 16.1. The summed E-state index contributed by atoms with van der Waals surface area (Å²) >= 11 is 12.3. The van der Waals surface area contributed by atoms with E-state index in [2.05, 4.69) is 20.9 Å². The van der Waals surface area contributed by atoms with Gasteiger partial charge in [-0.15, -0.1) is 24.0 Å². The van der Waals surface area contributed by atoms with Crippen LogP contribution in [0.25, 0.3) is 0 Å². The van der Waals surface area contributed by atoms with Crippen molar-refractivity contribution in [3.05, 3.63) is 69.2 Å². The quantitative estimate of drug-likeness (QED) is 0.284. The average molecular weight is 535 g/mol. The fraction of sp³-hybridized carbons (Fsp3) is 0.300. The summed E-state index contributed by atoms with van der Waals surface area (Å²) in [6, 6.07) is 12.8. The fourth-order valence-corrected chi connectivity index (χ4v) is 3.10. The number of halogens is 3. The molecule has 3 N–H and O–H groups in total. The molecule has 1 unspecified atom stereocenters. The molecule has 8 heteroatoms. The van der Waals surface area contributed by atoms with Crippen molar-refractivity contribution in [2.45, 2.75) is 26.4 Å². The average Bonchev–Trinajstić information content (AvgIpc) is 2.66. The van der Waals surface area contributed by atoms with Crippen molar-refractivity contribution in [2.75, 3.05) is 13.6 Å². The number of rotatable bonds is 6. The van der Waals surface area contributed by atoms with E-state index in [0.717, 1.165) is 17.7 Å². The van der Waals surface area contributed by atoms with Crippen LogP contribution >= 0.6 is 47.2 Å². The van der Waals surface area contributed by atoms with Gasteiger partial charge in [-0.3, -0.25) is 4.79 Å². The zero-order chi connectivity index (χ0) is 19.8. The largest absolute Gasteiger partial charge is 0.357 e. The van der Waals surface area contributed by atoms with E-state index in [9.17, 15) is 4.79 Å². The molecule has 0 aliphatic carbocycles. The lowest BCUT2D eigenvalue weighted by Gasteiger charge is -2.19. The Morgan fingerprint density at radius 3 is 2.39 bits per heavy atom. The number of amides is 1. The summed E-state index contributed by atoms with van der Waals surface area (Å²) in [6.45, 7) is 5.25. The predicted molar refractivity (Wildman–Crippen MR) is 128 cm³/mol. The fourth-order valence-electron chi connectivity index (χ4n) is 2.53. The molecule has 1 atom stereocenters. The Kier molecular flexibility index (Phi) is 10.6. The van der Waals surface area contributed by atoms with Crippen molar-refractivity contribution in [3.8, 4) is 0 Å². The van der Waals surface area contributed by atoms with Gasteiger partial charge in [0.05, 0.1) is 12.6 Å². The molecule has 0 bridgehead atoms. The van der Waals surface area contributed by atoms with Crippen molar-refractivity contribution >= 4 is 59.0 Å². The van der Waals surface area contributed by atoms with Crippen molar-refractivity contribution in [3.63, 3.8) is 0 Å². The lowest BCUT2D eigenvalue weighted by atomic mass is 10.1. The molecule has 2 aromatic rings. The van der Waals surface area contributed by atoms with Crippen molar-refractivity contribution in [1.29, 1.82) is 0 Å². The molecule has 152 valence electrons. The summed E-state index contributed by atoms with van der Waals surface area (Å²) < 4.78 is 0. The zero-order valence-corrected chi connectivity index (χ0v) is 19.9. The second-order valence-electron chi connectivity index (χ2n) is 6.00. The van der Waals surface area contributed by atoms with Gasteiger partial charge in [0.25, 0.3) is 5.91 Å². The van der Waals surface area contributed by atoms with Crippen LogP contribution in [0.2, 0.25) is 10.0 Å². The van der Waals surface area contributed by atoms with E-state index in [4.69, 9.17) is 23.2 Å². The minimum atomic E-state index is -0.103. The molecule has 1 amide bonds. The maximum atomic E-state index is 11.6. The second kappa shape index (κ2) is 12.1. The maximum Gasteiger partial charge on any atom is 0.251 e. The Bertz CT molecular complexity index is 812. The number of nitrogens with one attached hydrogen (secondary N) is 3. The van der Waals surface area contributed by atoms with E-state index in [-0.39, 0.29) is 35.9 Å². The van der Waals surface area contributed by atoms with E-state index in [1.807, 2.05) is 38.1 Å². The summed E-state index contributed by atoms with van der Waals surface area (Å²) in [5, 5.41) is 10.4. The summed E-state index contributed by atoms with van der Waals surface area (Å²) in [5.41, 5.74) is 2.58. The minimum Gasteiger partial charge on any atom is -0.357 e. The van der Waals surface area contributed by atoms with Crippen LogP contribution in [0.3, 0.4) is 0 Å². The van der Waals surface area contributed by atoms with Crippen LogP contribution in [-0.4, -0.2) is 25.5 Å². The first-order valence-electron chi connectivity index (χ1n) is 8.75. The second-order valence-corrected chi connectivity index (χ2v) is 6.85. The van der Waals surface area contributed by atoms with E-state index in [1.54, 1.807) is 25.2 Å². The molecule has 0 radical (unpaired) electrons. The molecular formula is C20H25Cl2IN4O. The monoisotopic (exact) mass is 534 g/mol. The maximum absolute atomic E-state index is 11.6. The van der Waals surface area contributed by atoms with Gasteiger partial charge < -0.3 is 16.0 Å². The predicted octanol–water partition coefficient (Wildman–Crippen LogP) is 4.79. The molecule has 0 aromatic heterocycles. The summed E-state index contributed by atoms with van der Waals surface area (Å²) in [5.74, 6) is 0.583. The van der Waals surface area contributed by atoms with Crippen LogP contribution in [0.1, 0.15) is 41.4 Å². The van der Waals surface area contributed by atoms with Gasteiger partial charge in [0.2, 0.25) is 0 Å². The molecule has 0 aliphatic heterocycles. The highest BCUT2D eigenvalue weighted by molar-refractivity contribution is 14.0. The standard InChI is InChI=1S/C20H24Cl2N4O.HI/c1-4-24-20(26-13(2)17-10-9-16(21)11-18(17)22)25-12-14-5-7-15(8-6-14)19(27)23-3;/h5-11,13H,4,12H2,1-3H3,(H,23,27)(H2,24,25,26);1H. The van der Waals surface area contributed by atoms with Crippen molar-refractivity contribution < 1.29 is 4.79 Å². The van der Waals surface area contributed by atoms with Gasteiger partial charge in [0.1, 0.15) is 0 Å². The highest BCUT2D eigenvalue weighted by atomic mass is 127. The number of carbonyl (C=O) groups is 1. The minimum absolute atomic E-state index is 0. The van der Waals surface area contributed by atoms with Gasteiger partial charge in [-0.1, -0.05) is 41.4 Å². The van der Waals surface area contributed by atoms with Gasteiger partial charge in [-0.25, -0.2) is 4.99 Å². The number of guanidine groups is 1. The van der Waals surface area contributed by atoms with Crippen LogP contribution in [0.15, 0.2) is 47.5 Å². The van der Waals surface area contributed by atoms with Crippen LogP contribution in [0.5, 0.6) is 0 Å². The number of nitrogens with zero attached hydrogens (tertiary/aromatic N) is 1. The van der Waals surface area contributed by atoms with Gasteiger partial charge >= 0.3 is 0 Å². The third kappa shape index (κ3) is 7.14. The summed E-state index contributed by atoms with van der Waals surface area (Å²) in [7, 11) is 1.61. The number of hydrogen-bond donors (Lipinski definition) is 3. The molecule has 0 spiro atoms. The normalized spacial score (nSPS) is 12.0. The molecular weight excluding hydrogens is 510 g/mol. The van der Waals surface area contributed by atoms with Crippen LogP contribution in [-0.2, 0) is 6.54 Å². The first-order chi connectivity index (χ1) is 12.9. The van der Waals surface area contributed by atoms with Crippen molar-refractivity contribution in [1.82, 2.24) is 16.0 Å². The molecule has 0 fully saturated rings. The Labute approximate surface area is 193 Å². The number of aliphatic imine (C=N–C) groups is 1. The van der Waals surface area contributed by atoms with Crippen LogP contribution in [0.4, 0.5) is 0 Å². The smallest absolute Gasteiger partial charge is 0.251 e. The molecule has 28 heavy (non-hydrogen) atoms. The van der Waals surface area contributed by atoms with Crippen LogP contribution < -0.4 is 16.0 Å². The Morgan fingerprint density at radius 1 is 1.14 bits per heavy atom. The number of carbonyl (C=O) groups excluding carboxylic acids is 1. The number of benzene rings is 2. The lowest BCUT2D eigenvalue weighted by molar-refractivity contribution is 0.0963. The molecule has 2 aromatic carbocycles. The molecule has 0 heterocycles. The lowest BCUT2D eigenvalue weighted by Crippen LogP contribution is -2.38. The third-order valence-corrected chi connectivity index (χ3v) is 4.55.